The van der Waals surface area contributed by atoms with Crippen molar-refractivity contribution in [2.24, 2.45) is 0 Å². The number of aromatic nitrogens is 2. The summed E-state index contributed by atoms with van der Waals surface area (Å²) in [5.74, 6) is 0.488. The predicted molar refractivity (Wildman–Crippen MR) is 103 cm³/mol. The smallest absolute Gasteiger partial charge is 0.138 e. The summed E-state index contributed by atoms with van der Waals surface area (Å²) >= 11 is 0. The Balaban J connectivity index is 1.86. The molecule has 0 radical (unpaired) electrons. The van der Waals surface area contributed by atoms with E-state index in [9.17, 15) is 10.2 Å². The highest BCUT2D eigenvalue weighted by Gasteiger charge is 2.11. The molecule has 0 atom stereocenters. The second-order valence-corrected chi connectivity index (χ2v) is 7.09. The number of nitrogens with zero attached hydrogens (tertiary/aromatic N) is 4. The maximum Gasteiger partial charge on any atom is 0.138 e. The topological polar surface area (TPSA) is 72.7 Å². The van der Waals surface area contributed by atoms with Gasteiger partial charge in [0.15, 0.2) is 0 Å². The molecular weight excluding hydrogens is 328 g/mol. The van der Waals surface area contributed by atoms with Crippen LogP contribution in [0.25, 0.3) is 0 Å². The lowest BCUT2D eigenvalue weighted by molar-refractivity contribution is 0.258. The molecule has 0 aliphatic rings. The zero-order chi connectivity index (χ0) is 19.1. The van der Waals surface area contributed by atoms with Crippen molar-refractivity contribution in [1.29, 1.82) is 0 Å². The summed E-state index contributed by atoms with van der Waals surface area (Å²) in [4.78, 5) is 13.1. The SMILES string of the molecule is CC(C)N(C)Cc1nc(CCCN(C)Cc2ncccc2O)ccc1O. The first kappa shape index (κ1) is 20.1. The van der Waals surface area contributed by atoms with Crippen molar-refractivity contribution in [1.82, 2.24) is 19.8 Å². The molecular formula is C20H30N4O2. The van der Waals surface area contributed by atoms with Crippen molar-refractivity contribution >= 4 is 0 Å². The molecule has 0 unspecified atom stereocenters. The Morgan fingerprint density at radius 1 is 1.00 bits per heavy atom. The number of pyridine rings is 2. The highest BCUT2D eigenvalue weighted by Crippen LogP contribution is 2.18. The van der Waals surface area contributed by atoms with Gasteiger partial charge in [0.05, 0.1) is 11.4 Å². The monoisotopic (exact) mass is 358 g/mol. The quantitative estimate of drug-likeness (QED) is 0.718. The minimum atomic E-state index is 0.235. The summed E-state index contributed by atoms with van der Waals surface area (Å²) < 4.78 is 0. The van der Waals surface area contributed by atoms with Crippen molar-refractivity contribution in [3.63, 3.8) is 0 Å². The van der Waals surface area contributed by atoms with Crippen LogP contribution in [-0.4, -0.2) is 56.7 Å². The molecule has 0 amide bonds. The largest absolute Gasteiger partial charge is 0.506 e. The van der Waals surface area contributed by atoms with E-state index in [-0.39, 0.29) is 11.5 Å². The minimum Gasteiger partial charge on any atom is -0.506 e. The van der Waals surface area contributed by atoms with Gasteiger partial charge < -0.3 is 15.1 Å². The van der Waals surface area contributed by atoms with Crippen LogP contribution >= 0.6 is 0 Å². The van der Waals surface area contributed by atoms with Crippen LogP contribution in [0.3, 0.4) is 0 Å². The van der Waals surface area contributed by atoms with E-state index in [1.807, 2.05) is 20.2 Å². The third kappa shape index (κ3) is 5.97. The number of aromatic hydroxyl groups is 2. The van der Waals surface area contributed by atoms with Crippen LogP contribution in [0.15, 0.2) is 30.5 Å². The molecule has 2 heterocycles. The van der Waals surface area contributed by atoms with Gasteiger partial charge in [0.1, 0.15) is 11.5 Å². The van der Waals surface area contributed by atoms with Gasteiger partial charge in [0, 0.05) is 31.0 Å². The number of aryl methyl sites for hydroxylation is 1. The molecule has 2 aromatic rings. The van der Waals surface area contributed by atoms with Crippen LogP contribution in [0.1, 0.15) is 37.4 Å². The van der Waals surface area contributed by atoms with Crippen molar-refractivity contribution in [3.05, 3.63) is 47.5 Å². The van der Waals surface area contributed by atoms with Crippen LogP contribution in [0.2, 0.25) is 0 Å². The van der Waals surface area contributed by atoms with Crippen LogP contribution in [0.4, 0.5) is 0 Å². The zero-order valence-electron chi connectivity index (χ0n) is 16.2. The van der Waals surface area contributed by atoms with Gasteiger partial charge in [0.2, 0.25) is 0 Å². The van der Waals surface area contributed by atoms with Gasteiger partial charge in [-0.2, -0.15) is 0 Å². The van der Waals surface area contributed by atoms with Crippen LogP contribution in [-0.2, 0) is 19.5 Å². The van der Waals surface area contributed by atoms with Crippen LogP contribution in [0, 0.1) is 0 Å². The van der Waals surface area contributed by atoms with Crippen LogP contribution < -0.4 is 0 Å². The molecule has 0 aromatic carbocycles. The van der Waals surface area contributed by atoms with Gasteiger partial charge in [-0.25, -0.2) is 0 Å². The van der Waals surface area contributed by atoms with E-state index in [1.165, 1.54) is 0 Å². The highest BCUT2D eigenvalue weighted by atomic mass is 16.3. The van der Waals surface area contributed by atoms with E-state index in [0.717, 1.165) is 30.8 Å². The fourth-order valence-electron chi connectivity index (χ4n) is 2.63. The average molecular weight is 358 g/mol. The van der Waals surface area contributed by atoms with Gasteiger partial charge in [-0.1, -0.05) is 0 Å². The maximum atomic E-state index is 10.0. The van der Waals surface area contributed by atoms with Gasteiger partial charge in [-0.3, -0.25) is 14.9 Å². The summed E-state index contributed by atoms with van der Waals surface area (Å²) in [5, 5.41) is 19.8. The summed E-state index contributed by atoms with van der Waals surface area (Å²) in [6.07, 6.45) is 3.48. The van der Waals surface area contributed by atoms with Gasteiger partial charge in [-0.15, -0.1) is 0 Å². The Hall–Kier alpha value is -2.18. The minimum absolute atomic E-state index is 0.235. The Bertz CT molecular complexity index is 706. The second kappa shape index (κ2) is 9.50. The first-order valence-electron chi connectivity index (χ1n) is 9.06. The fraction of sp³-hybridized carbons (Fsp3) is 0.500. The highest BCUT2D eigenvalue weighted by molar-refractivity contribution is 5.28. The lowest BCUT2D eigenvalue weighted by Gasteiger charge is -2.21. The number of hydrogen-bond donors (Lipinski definition) is 2. The van der Waals surface area contributed by atoms with Crippen molar-refractivity contribution < 1.29 is 10.2 Å². The van der Waals surface area contributed by atoms with E-state index in [0.29, 0.717) is 24.8 Å². The lowest BCUT2D eigenvalue weighted by atomic mass is 10.2. The van der Waals surface area contributed by atoms with E-state index in [1.54, 1.807) is 24.4 Å². The Labute approximate surface area is 156 Å². The molecule has 0 aliphatic heterocycles. The molecule has 0 spiro atoms. The van der Waals surface area contributed by atoms with Crippen molar-refractivity contribution in [2.75, 3.05) is 20.6 Å². The van der Waals surface area contributed by atoms with Crippen molar-refractivity contribution in [2.45, 2.75) is 45.8 Å². The summed E-state index contributed by atoms with van der Waals surface area (Å²) in [6.45, 7) is 6.36. The Morgan fingerprint density at radius 2 is 1.73 bits per heavy atom. The summed E-state index contributed by atoms with van der Waals surface area (Å²) in [5.41, 5.74) is 2.41. The van der Waals surface area contributed by atoms with E-state index >= 15 is 0 Å². The third-order valence-electron chi connectivity index (χ3n) is 4.55. The van der Waals surface area contributed by atoms with E-state index < -0.39 is 0 Å². The molecule has 2 aromatic heterocycles. The van der Waals surface area contributed by atoms with Crippen LogP contribution in [0.5, 0.6) is 11.5 Å². The standard InChI is InChI=1S/C20H30N4O2/c1-15(2)24(4)14-18-20(26)10-9-16(22-18)7-6-12-23(3)13-17-19(25)8-5-11-21-17/h5,8-11,15,25-26H,6-7,12-14H2,1-4H3. The Morgan fingerprint density at radius 3 is 2.42 bits per heavy atom. The maximum absolute atomic E-state index is 10.0. The first-order valence-corrected chi connectivity index (χ1v) is 9.06. The summed E-state index contributed by atoms with van der Waals surface area (Å²) in [7, 11) is 4.04. The molecule has 0 bridgehead atoms. The van der Waals surface area contributed by atoms with Gasteiger partial charge in [0.25, 0.3) is 0 Å². The number of rotatable bonds is 9. The molecule has 0 aliphatic carbocycles. The van der Waals surface area contributed by atoms with E-state index in [2.05, 4.69) is 33.6 Å². The van der Waals surface area contributed by atoms with E-state index in [4.69, 9.17) is 0 Å². The molecule has 142 valence electrons. The van der Waals surface area contributed by atoms with Gasteiger partial charge in [-0.05, 0) is 71.6 Å². The molecule has 2 rings (SSSR count). The molecule has 26 heavy (non-hydrogen) atoms. The lowest BCUT2D eigenvalue weighted by Crippen LogP contribution is -2.26. The molecule has 0 saturated carbocycles. The normalized spacial score (nSPS) is 11.7. The Kier molecular flexibility index (Phi) is 7.36. The first-order chi connectivity index (χ1) is 12.4. The molecule has 6 heteroatoms. The fourth-order valence-corrected chi connectivity index (χ4v) is 2.63. The second-order valence-electron chi connectivity index (χ2n) is 7.09. The predicted octanol–water partition coefficient (Wildman–Crippen LogP) is 2.79. The number of hydrogen-bond acceptors (Lipinski definition) is 6. The van der Waals surface area contributed by atoms with Gasteiger partial charge >= 0.3 is 0 Å². The average Bonchev–Trinajstić information content (AvgIpc) is 2.59. The zero-order valence-corrected chi connectivity index (χ0v) is 16.2. The summed E-state index contributed by atoms with van der Waals surface area (Å²) in [6, 6.07) is 7.41. The third-order valence-corrected chi connectivity index (χ3v) is 4.55. The van der Waals surface area contributed by atoms with Crippen molar-refractivity contribution in [3.8, 4) is 11.5 Å². The molecule has 2 N–H and O–H groups in total. The molecule has 0 fully saturated rings. The molecule has 6 nitrogen and oxygen atoms in total. The molecule has 0 saturated heterocycles.